The van der Waals surface area contributed by atoms with E-state index in [1.165, 1.54) is 31.4 Å². The van der Waals surface area contributed by atoms with Gasteiger partial charge in [0.1, 0.15) is 0 Å². The Labute approximate surface area is 126 Å². The summed E-state index contributed by atoms with van der Waals surface area (Å²) >= 11 is 1.30. The molecule has 8 heteroatoms. The summed E-state index contributed by atoms with van der Waals surface area (Å²) in [5.74, 6) is -1.98. The van der Waals surface area contributed by atoms with Gasteiger partial charge in [-0.3, -0.25) is 4.79 Å². The van der Waals surface area contributed by atoms with Crippen LogP contribution in [-0.2, 0) is 20.8 Å². The summed E-state index contributed by atoms with van der Waals surface area (Å²) in [7, 11) is 0. The Hall–Kier alpha value is -1.96. The highest BCUT2D eigenvalue weighted by molar-refractivity contribution is 7.14. The summed E-state index contributed by atoms with van der Waals surface area (Å²) in [4.78, 5) is 32.0. The number of aromatic nitrogens is 1. The van der Waals surface area contributed by atoms with Gasteiger partial charge in [-0.05, 0) is 26.7 Å². The van der Waals surface area contributed by atoms with Crippen LogP contribution < -0.4 is 5.73 Å². The molecule has 116 valence electrons. The molecule has 0 saturated carbocycles. The molecule has 0 spiro atoms. The Morgan fingerprint density at radius 1 is 1.52 bits per heavy atom. The summed E-state index contributed by atoms with van der Waals surface area (Å²) in [6, 6.07) is 0. The maximum absolute atomic E-state index is 11.5. The van der Waals surface area contributed by atoms with Crippen LogP contribution in [0.5, 0.6) is 0 Å². The van der Waals surface area contributed by atoms with Gasteiger partial charge in [0.2, 0.25) is 5.60 Å². The van der Waals surface area contributed by atoms with Gasteiger partial charge < -0.3 is 15.7 Å². The number of amides is 1. The number of carboxylic acid groups (broad SMARTS) is 1. The lowest BCUT2D eigenvalue weighted by atomic mass is 10.1. The third kappa shape index (κ3) is 4.82. The van der Waals surface area contributed by atoms with Crippen LogP contribution in [0.4, 0.5) is 0 Å². The van der Waals surface area contributed by atoms with Crippen molar-refractivity contribution in [3.05, 3.63) is 16.1 Å². The van der Waals surface area contributed by atoms with Crippen LogP contribution in [0.15, 0.2) is 11.4 Å². The fraction of sp³-hybridized carbons (Fsp3) is 0.538. The number of nitrogens with two attached hydrogens (primary N) is 1. The minimum Gasteiger partial charge on any atom is -0.478 e. The van der Waals surface area contributed by atoms with Gasteiger partial charge in [-0.25, -0.2) is 9.78 Å². The lowest BCUT2D eigenvalue weighted by Gasteiger charge is -2.16. The van der Waals surface area contributed by atoms with Gasteiger partial charge in [0.05, 0.1) is 9.88 Å². The van der Waals surface area contributed by atoms with Gasteiger partial charge in [-0.15, -0.1) is 11.3 Å². The van der Waals surface area contributed by atoms with Gasteiger partial charge in [0.15, 0.2) is 5.71 Å². The standard InChI is InChI=1S/C13H19N3O4S/c1-4-5-6-9-15-7-8(21-9)10(11(14)17)16-20-13(2,3)12(18)19/h7H,4-6H2,1-3H3,(H2,14,17)(H,18,19)/b16-10-. The first-order valence-corrected chi connectivity index (χ1v) is 7.34. The SMILES string of the molecule is CCCCc1ncc(/C(=N/OC(C)(C)C(=O)O)C(N)=O)s1. The summed E-state index contributed by atoms with van der Waals surface area (Å²) in [6.45, 7) is 4.74. The fourth-order valence-electron chi connectivity index (χ4n) is 1.27. The second kappa shape index (κ2) is 7.16. The molecule has 0 radical (unpaired) electrons. The highest BCUT2D eigenvalue weighted by atomic mass is 32.1. The van der Waals surface area contributed by atoms with Crippen molar-refractivity contribution in [1.82, 2.24) is 4.98 Å². The number of carbonyl (C=O) groups is 2. The van der Waals surface area contributed by atoms with Crippen molar-refractivity contribution in [2.45, 2.75) is 45.6 Å². The zero-order valence-corrected chi connectivity index (χ0v) is 13.1. The Morgan fingerprint density at radius 3 is 2.71 bits per heavy atom. The van der Waals surface area contributed by atoms with Crippen molar-refractivity contribution >= 4 is 28.9 Å². The molecule has 1 rings (SSSR count). The van der Waals surface area contributed by atoms with Crippen molar-refractivity contribution in [3.8, 4) is 0 Å². The van der Waals surface area contributed by atoms with E-state index in [4.69, 9.17) is 15.7 Å². The molecule has 0 aromatic carbocycles. The molecule has 3 N–H and O–H groups in total. The van der Waals surface area contributed by atoms with Gasteiger partial charge in [0.25, 0.3) is 5.91 Å². The van der Waals surface area contributed by atoms with E-state index in [1.54, 1.807) is 0 Å². The number of oxime groups is 1. The van der Waals surface area contributed by atoms with Gasteiger partial charge in [0, 0.05) is 6.20 Å². The first kappa shape index (κ1) is 17.1. The second-order valence-corrected chi connectivity index (χ2v) is 6.05. The lowest BCUT2D eigenvalue weighted by Crippen LogP contribution is -2.34. The van der Waals surface area contributed by atoms with Crippen molar-refractivity contribution in [2.24, 2.45) is 10.9 Å². The summed E-state index contributed by atoms with van der Waals surface area (Å²) in [5.41, 5.74) is 3.60. The van der Waals surface area contributed by atoms with E-state index in [0.29, 0.717) is 4.88 Å². The van der Waals surface area contributed by atoms with Crippen molar-refractivity contribution in [3.63, 3.8) is 0 Å². The summed E-state index contributed by atoms with van der Waals surface area (Å²) in [6.07, 6.45) is 4.35. The third-order valence-corrected chi connectivity index (χ3v) is 3.71. The maximum Gasteiger partial charge on any atom is 0.350 e. The average molecular weight is 313 g/mol. The highest BCUT2D eigenvalue weighted by Crippen LogP contribution is 2.18. The lowest BCUT2D eigenvalue weighted by molar-refractivity contribution is -0.161. The predicted molar refractivity (Wildman–Crippen MR) is 79.3 cm³/mol. The van der Waals surface area contributed by atoms with Crippen molar-refractivity contribution in [2.75, 3.05) is 0 Å². The molecule has 0 bridgehead atoms. The molecule has 0 aliphatic rings. The molecule has 0 atom stereocenters. The molecular formula is C13H19N3O4S. The second-order valence-electron chi connectivity index (χ2n) is 4.93. The monoisotopic (exact) mass is 313 g/mol. The Bertz CT molecular complexity index is 551. The predicted octanol–water partition coefficient (Wildman–Crippen LogP) is 1.55. The number of aliphatic carboxylic acids is 1. The third-order valence-electron chi connectivity index (χ3n) is 2.64. The zero-order chi connectivity index (χ0) is 16.0. The first-order valence-electron chi connectivity index (χ1n) is 6.52. The largest absolute Gasteiger partial charge is 0.478 e. The quantitative estimate of drug-likeness (QED) is 0.558. The van der Waals surface area contributed by atoms with E-state index in [9.17, 15) is 9.59 Å². The Kier molecular flexibility index (Phi) is 5.83. The Balaban J connectivity index is 2.94. The molecule has 1 heterocycles. The van der Waals surface area contributed by atoms with E-state index in [0.717, 1.165) is 24.3 Å². The number of primary amides is 1. The van der Waals surface area contributed by atoms with Crippen molar-refractivity contribution in [1.29, 1.82) is 0 Å². The molecule has 1 aromatic rings. The van der Waals surface area contributed by atoms with Crippen LogP contribution in [0.25, 0.3) is 0 Å². The summed E-state index contributed by atoms with van der Waals surface area (Å²) in [5, 5.41) is 13.4. The number of hydrogen-bond acceptors (Lipinski definition) is 6. The number of unbranched alkanes of at least 4 members (excludes halogenated alkanes) is 1. The molecule has 0 aliphatic carbocycles. The fourth-order valence-corrected chi connectivity index (χ4v) is 2.22. The smallest absolute Gasteiger partial charge is 0.350 e. The minimum atomic E-state index is -1.55. The van der Waals surface area contributed by atoms with Crippen LogP contribution in [0.1, 0.15) is 43.5 Å². The number of carbonyl (C=O) groups excluding carboxylic acids is 1. The van der Waals surface area contributed by atoms with Crippen LogP contribution in [-0.4, -0.2) is 33.3 Å². The van der Waals surface area contributed by atoms with E-state index in [2.05, 4.69) is 17.1 Å². The number of aryl methyl sites for hydroxylation is 1. The molecule has 0 unspecified atom stereocenters. The van der Waals surface area contributed by atoms with E-state index >= 15 is 0 Å². The molecule has 1 aromatic heterocycles. The zero-order valence-electron chi connectivity index (χ0n) is 12.3. The average Bonchev–Trinajstić information content (AvgIpc) is 2.84. The highest BCUT2D eigenvalue weighted by Gasteiger charge is 2.30. The molecule has 21 heavy (non-hydrogen) atoms. The van der Waals surface area contributed by atoms with Crippen molar-refractivity contribution < 1.29 is 19.5 Å². The first-order chi connectivity index (χ1) is 9.77. The summed E-state index contributed by atoms with van der Waals surface area (Å²) < 4.78 is 0. The number of nitrogens with zero attached hydrogens (tertiary/aromatic N) is 2. The Morgan fingerprint density at radius 2 is 2.19 bits per heavy atom. The maximum atomic E-state index is 11.5. The normalized spacial score (nSPS) is 12.2. The van der Waals surface area contributed by atoms with Gasteiger partial charge in [-0.1, -0.05) is 18.5 Å². The van der Waals surface area contributed by atoms with E-state index in [1.807, 2.05) is 0 Å². The molecular weight excluding hydrogens is 294 g/mol. The van der Waals surface area contributed by atoms with Crippen LogP contribution in [0, 0.1) is 0 Å². The van der Waals surface area contributed by atoms with Crippen LogP contribution in [0.3, 0.4) is 0 Å². The molecule has 1 amide bonds. The minimum absolute atomic E-state index is 0.121. The number of hydrogen-bond donors (Lipinski definition) is 2. The van der Waals surface area contributed by atoms with E-state index in [-0.39, 0.29) is 5.71 Å². The number of thiazole rings is 1. The van der Waals surface area contributed by atoms with Crippen LogP contribution >= 0.6 is 11.3 Å². The van der Waals surface area contributed by atoms with Crippen LogP contribution in [0.2, 0.25) is 0 Å². The molecule has 0 saturated heterocycles. The van der Waals surface area contributed by atoms with Gasteiger partial charge in [-0.2, -0.15) is 0 Å². The molecule has 0 fully saturated rings. The molecule has 7 nitrogen and oxygen atoms in total. The number of carboxylic acids is 1. The number of rotatable bonds is 8. The van der Waals surface area contributed by atoms with Gasteiger partial charge >= 0.3 is 5.97 Å². The topological polar surface area (TPSA) is 115 Å². The van der Waals surface area contributed by atoms with E-state index < -0.39 is 17.5 Å². The molecule has 0 aliphatic heterocycles.